The minimum absolute atomic E-state index is 0.0243. The zero-order valence-corrected chi connectivity index (χ0v) is 11.2. The average Bonchev–Trinajstić information content (AvgIpc) is 2.07. The maximum absolute atomic E-state index is 11.7. The largest absolute Gasteiger partial charge is 0.309 e. The molecule has 1 N–H and O–H groups in total. The van der Waals surface area contributed by atoms with Gasteiger partial charge >= 0.3 is 0 Å². The minimum Gasteiger partial charge on any atom is -0.309 e. The van der Waals surface area contributed by atoms with E-state index in [0.717, 1.165) is 15.1 Å². The molecular weight excluding hydrogens is 303 g/mol. The van der Waals surface area contributed by atoms with E-state index in [1.807, 2.05) is 0 Å². The minimum atomic E-state index is 0.0243. The SMILES string of the molecule is CC(C)c1nc(C2CCC2)[nH]c(=O)c1I. The predicted octanol–water partition coefficient (Wildman–Crippen LogP) is 2.77. The lowest BCUT2D eigenvalue weighted by Gasteiger charge is -2.25. The first kappa shape index (κ1) is 11.1. The van der Waals surface area contributed by atoms with Crippen LogP contribution in [0.2, 0.25) is 0 Å². The number of rotatable bonds is 2. The van der Waals surface area contributed by atoms with E-state index in [9.17, 15) is 4.79 Å². The summed E-state index contributed by atoms with van der Waals surface area (Å²) in [5, 5.41) is 0. The Morgan fingerprint density at radius 3 is 2.60 bits per heavy atom. The van der Waals surface area contributed by atoms with Gasteiger partial charge in [0.05, 0.1) is 9.26 Å². The van der Waals surface area contributed by atoms with Crippen LogP contribution >= 0.6 is 22.6 Å². The third kappa shape index (κ3) is 2.09. The summed E-state index contributed by atoms with van der Waals surface area (Å²) in [4.78, 5) is 19.2. The van der Waals surface area contributed by atoms with Crippen LogP contribution in [0.5, 0.6) is 0 Å². The summed E-state index contributed by atoms with van der Waals surface area (Å²) < 4.78 is 0.741. The van der Waals surface area contributed by atoms with Gasteiger partial charge in [-0.1, -0.05) is 20.3 Å². The van der Waals surface area contributed by atoms with Crippen LogP contribution in [0.25, 0.3) is 0 Å². The van der Waals surface area contributed by atoms with Crippen LogP contribution in [-0.2, 0) is 0 Å². The number of aromatic nitrogens is 2. The highest BCUT2D eigenvalue weighted by Crippen LogP contribution is 2.34. The van der Waals surface area contributed by atoms with Gasteiger partial charge in [0, 0.05) is 5.92 Å². The number of hydrogen-bond donors (Lipinski definition) is 1. The summed E-state index contributed by atoms with van der Waals surface area (Å²) in [7, 11) is 0. The fourth-order valence-electron chi connectivity index (χ4n) is 1.75. The van der Waals surface area contributed by atoms with Gasteiger partial charge in [0.25, 0.3) is 5.56 Å². The molecule has 3 nitrogen and oxygen atoms in total. The molecule has 0 amide bonds. The lowest BCUT2D eigenvalue weighted by molar-refractivity contribution is 0.398. The highest BCUT2D eigenvalue weighted by molar-refractivity contribution is 14.1. The van der Waals surface area contributed by atoms with Gasteiger partial charge in [0.15, 0.2) is 0 Å². The summed E-state index contributed by atoms with van der Waals surface area (Å²) in [6.07, 6.45) is 3.60. The number of aromatic amines is 1. The molecular formula is C11H15IN2O. The molecule has 0 bridgehead atoms. The van der Waals surface area contributed by atoms with Crippen LogP contribution < -0.4 is 5.56 Å². The van der Waals surface area contributed by atoms with Crippen molar-refractivity contribution in [3.05, 3.63) is 25.4 Å². The number of nitrogens with one attached hydrogen (secondary N) is 1. The lowest BCUT2D eigenvalue weighted by Crippen LogP contribution is -2.23. The Labute approximate surface area is 103 Å². The van der Waals surface area contributed by atoms with Crippen LogP contribution in [0, 0.1) is 3.57 Å². The maximum atomic E-state index is 11.7. The van der Waals surface area contributed by atoms with Gasteiger partial charge in [-0.15, -0.1) is 0 Å². The van der Waals surface area contributed by atoms with E-state index in [-0.39, 0.29) is 5.56 Å². The topological polar surface area (TPSA) is 45.8 Å². The summed E-state index contributed by atoms with van der Waals surface area (Å²) in [5.41, 5.74) is 0.970. The molecule has 4 heteroatoms. The van der Waals surface area contributed by atoms with E-state index < -0.39 is 0 Å². The number of halogens is 1. The molecule has 0 spiro atoms. The van der Waals surface area contributed by atoms with Gasteiger partial charge in [0.1, 0.15) is 5.82 Å². The van der Waals surface area contributed by atoms with Gasteiger partial charge in [-0.3, -0.25) is 4.79 Å². The number of H-pyrrole nitrogens is 1. The third-order valence-electron chi connectivity index (χ3n) is 2.95. The van der Waals surface area contributed by atoms with Crippen molar-refractivity contribution in [3.63, 3.8) is 0 Å². The molecule has 0 atom stereocenters. The van der Waals surface area contributed by atoms with Gasteiger partial charge in [-0.25, -0.2) is 4.98 Å². The molecule has 1 fully saturated rings. The van der Waals surface area contributed by atoms with E-state index in [1.165, 1.54) is 19.3 Å². The predicted molar refractivity (Wildman–Crippen MR) is 68.3 cm³/mol. The van der Waals surface area contributed by atoms with Crippen molar-refractivity contribution in [3.8, 4) is 0 Å². The van der Waals surface area contributed by atoms with E-state index in [0.29, 0.717) is 11.8 Å². The molecule has 2 rings (SSSR count). The van der Waals surface area contributed by atoms with Crippen molar-refractivity contribution >= 4 is 22.6 Å². The zero-order chi connectivity index (χ0) is 11.0. The second-order valence-corrected chi connectivity index (χ2v) is 5.51. The molecule has 0 saturated heterocycles. The van der Waals surface area contributed by atoms with Gasteiger partial charge in [0.2, 0.25) is 0 Å². The Morgan fingerprint density at radius 1 is 1.47 bits per heavy atom. The van der Waals surface area contributed by atoms with Crippen LogP contribution in [0.15, 0.2) is 4.79 Å². The third-order valence-corrected chi connectivity index (χ3v) is 3.99. The zero-order valence-electron chi connectivity index (χ0n) is 9.01. The van der Waals surface area contributed by atoms with E-state index >= 15 is 0 Å². The smallest absolute Gasteiger partial charge is 0.264 e. The molecule has 0 aromatic carbocycles. The molecule has 15 heavy (non-hydrogen) atoms. The Morgan fingerprint density at radius 2 is 2.13 bits per heavy atom. The molecule has 1 aromatic heterocycles. The monoisotopic (exact) mass is 318 g/mol. The summed E-state index contributed by atoms with van der Waals surface area (Å²) in [5.74, 6) is 1.71. The fraction of sp³-hybridized carbons (Fsp3) is 0.636. The molecule has 0 aliphatic heterocycles. The average molecular weight is 318 g/mol. The van der Waals surface area contributed by atoms with Crippen LogP contribution in [0.1, 0.15) is 56.5 Å². The van der Waals surface area contributed by atoms with Crippen molar-refractivity contribution in [1.29, 1.82) is 0 Å². The Bertz CT molecular complexity index is 421. The highest BCUT2D eigenvalue weighted by Gasteiger charge is 2.23. The first-order valence-electron chi connectivity index (χ1n) is 5.39. The molecule has 1 aromatic rings. The highest BCUT2D eigenvalue weighted by atomic mass is 127. The standard InChI is InChI=1S/C11H15IN2O/c1-6(2)9-8(12)11(15)14-10(13-9)7-4-3-5-7/h6-7H,3-5H2,1-2H3,(H,13,14,15). The van der Waals surface area contributed by atoms with Crippen LogP contribution in [-0.4, -0.2) is 9.97 Å². The Kier molecular flexibility index (Phi) is 3.13. The summed E-state index contributed by atoms with van der Waals surface area (Å²) >= 11 is 2.08. The molecule has 82 valence electrons. The summed E-state index contributed by atoms with van der Waals surface area (Å²) in [6, 6.07) is 0. The fourth-order valence-corrected chi connectivity index (χ4v) is 2.63. The van der Waals surface area contributed by atoms with Gasteiger partial charge in [-0.05, 0) is 41.4 Å². The van der Waals surface area contributed by atoms with Crippen LogP contribution in [0.3, 0.4) is 0 Å². The second-order valence-electron chi connectivity index (χ2n) is 4.43. The van der Waals surface area contributed by atoms with E-state index in [4.69, 9.17) is 0 Å². The quantitative estimate of drug-likeness (QED) is 0.852. The van der Waals surface area contributed by atoms with Crippen molar-refractivity contribution in [2.24, 2.45) is 0 Å². The van der Waals surface area contributed by atoms with Crippen LogP contribution in [0.4, 0.5) is 0 Å². The number of nitrogens with zero attached hydrogens (tertiary/aromatic N) is 1. The first-order chi connectivity index (χ1) is 7.09. The molecule has 1 aliphatic rings. The Balaban J connectivity index is 2.45. The molecule has 0 radical (unpaired) electrons. The lowest BCUT2D eigenvalue weighted by atomic mass is 9.85. The maximum Gasteiger partial charge on any atom is 0.264 e. The van der Waals surface area contributed by atoms with Crippen molar-refractivity contribution < 1.29 is 0 Å². The van der Waals surface area contributed by atoms with Gasteiger partial charge in [-0.2, -0.15) is 0 Å². The van der Waals surface area contributed by atoms with Gasteiger partial charge < -0.3 is 4.98 Å². The molecule has 1 heterocycles. The van der Waals surface area contributed by atoms with E-state index in [1.54, 1.807) is 0 Å². The van der Waals surface area contributed by atoms with Crippen molar-refractivity contribution in [2.45, 2.75) is 44.9 Å². The normalized spacial score (nSPS) is 16.8. The van der Waals surface area contributed by atoms with Crippen molar-refractivity contribution in [2.75, 3.05) is 0 Å². The Hall–Kier alpha value is -0.390. The second kappa shape index (κ2) is 4.23. The molecule has 0 unspecified atom stereocenters. The molecule has 1 aliphatic carbocycles. The molecule has 1 saturated carbocycles. The van der Waals surface area contributed by atoms with E-state index in [2.05, 4.69) is 46.4 Å². The first-order valence-corrected chi connectivity index (χ1v) is 6.47. The summed E-state index contributed by atoms with van der Waals surface area (Å²) in [6.45, 7) is 4.16. The number of hydrogen-bond acceptors (Lipinski definition) is 2. The van der Waals surface area contributed by atoms with Crippen molar-refractivity contribution in [1.82, 2.24) is 9.97 Å².